The second-order valence-electron chi connectivity index (χ2n) is 9.76. The van der Waals surface area contributed by atoms with Crippen molar-refractivity contribution in [3.05, 3.63) is 73.1 Å². The number of allylic oxidation sites excluding steroid dienone is 4. The summed E-state index contributed by atoms with van der Waals surface area (Å²) in [4.78, 5) is 53.0. The highest BCUT2D eigenvalue weighted by Gasteiger charge is 2.60. The van der Waals surface area contributed by atoms with Gasteiger partial charge in [-0.25, -0.2) is 23.5 Å². The van der Waals surface area contributed by atoms with Crippen LogP contribution in [0.5, 0.6) is 5.75 Å². The number of nitrogens with zero attached hydrogens (tertiary/aromatic N) is 3. The van der Waals surface area contributed by atoms with Crippen molar-refractivity contribution >= 4 is 11.6 Å². The molecule has 0 bridgehead atoms. The molecule has 1 aromatic heterocycles. The maximum absolute atomic E-state index is 13.8. The second-order valence-corrected chi connectivity index (χ2v) is 9.76. The first kappa shape index (κ1) is 21.4. The maximum atomic E-state index is 13.8. The van der Waals surface area contributed by atoms with Crippen LogP contribution >= 0.6 is 0 Å². The van der Waals surface area contributed by atoms with Gasteiger partial charge in [0.1, 0.15) is 5.75 Å². The number of hydrogen-bond donors (Lipinski definition) is 1. The third-order valence-corrected chi connectivity index (χ3v) is 8.18. The molecule has 5 rings (SSSR count). The van der Waals surface area contributed by atoms with Crippen molar-refractivity contribution in [2.24, 2.45) is 18.4 Å². The molecule has 2 aromatic rings. The van der Waals surface area contributed by atoms with Crippen molar-refractivity contribution in [3.63, 3.8) is 0 Å². The first-order valence-electron chi connectivity index (χ1n) is 11.1. The molecular weight excluding hydrogens is 422 g/mol. The Morgan fingerprint density at radius 3 is 2.39 bits per heavy atom. The topological polar surface area (TPSA) is 103 Å². The summed E-state index contributed by atoms with van der Waals surface area (Å²) in [5.41, 5.74) is 1.40. The Hall–Kier alpha value is -3.42. The fourth-order valence-electron chi connectivity index (χ4n) is 6.19. The minimum absolute atomic E-state index is 0.0666. The van der Waals surface area contributed by atoms with E-state index < -0.39 is 34.7 Å². The van der Waals surface area contributed by atoms with Gasteiger partial charge >= 0.3 is 11.4 Å². The number of ketones is 2. The average molecular weight is 450 g/mol. The lowest BCUT2D eigenvalue weighted by Crippen LogP contribution is -2.55. The first-order valence-corrected chi connectivity index (χ1v) is 11.1. The van der Waals surface area contributed by atoms with Gasteiger partial charge in [-0.3, -0.25) is 9.59 Å². The third-order valence-electron chi connectivity index (χ3n) is 8.18. The molecule has 1 aliphatic heterocycles. The number of rotatable bonds is 1. The van der Waals surface area contributed by atoms with Crippen molar-refractivity contribution in [3.8, 4) is 5.75 Å². The predicted octanol–water partition coefficient (Wildman–Crippen LogP) is 2.14. The largest absolute Gasteiger partial charge is 0.508 e. The monoisotopic (exact) mass is 449 g/mol. The number of aromatic hydroxyl groups is 1. The SMILES string of the molecule is CC1=C(C)C(=O)[C@@]2(C)[C@@H](c3ccc(O)c(C)c3)C3=CCn4c(=O)n(C)c(=O)n4[C@@H]3C[C@H]2C1=O. The normalized spacial score (nSPS) is 28.9. The molecule has 2 aliphatic carbocycles. The van der Waals surface area contributed by atoms with Crippen LogP contribution in [0.3, 0.4) is 0 Å². The Labute approximate surface area is 190 Å². The van der Waals surface area contributed by atoms with Gasteiger partial charge in [0.15, 0.2) is 11.6 Å². The highest BCUT2D eigenvalue weighted by Crippen LogP contribution is 2.60. The number of benzene rings is 1. The van der Waals surface area contributed by atoms with Crippen LogP contribution in [-0.4, -0.2) is 30.6 Å². The van der Waals surface area contributed by atoms with Crippen LogP contribution in [0.1, 0.15) is 50.3 Å². The van der Waals surface area contributed by atoms with Gasteiger partial charge in [0.25, 0.3) is 0 Å². The van der Waals surface area contributed by atoms with Crippen LogP contribution in [0.25, 0.3) is 0 Å². The van der Waals surface area contributed by atoms with Gasteiger partial charge in [0.2, 0.25) is 0 Å². The van der Waals surface area contributed by atoms with Gasteiger partial charge in [-0.15, -0.1) is 0 Å². The minimum Gasteiger partial charge on any atom is -0.508 e. The number of Topliss-reactive ketones (excluding diaryl/α,β-unsaturated/α-hetero) is 2. The van der Waals surface area contributed by atoms with Crippen LogP contribution in [0.4, 0.5) is 0 Å². The molecule has 1 saturated carbocycles. The number of carbonyl (C=O) groups is 2. The zero-order valence-corrected chi connectivity index (χ0v) is 19.4. The van der Waals surface area contributed by atoms with E-state index in [4.69, 9.17) is 0 Å². The number of hydrogen-bond acceptors (Lipinski definition) is 5. The van der Waals surface area contributed by atoms with Crippen LogP contribution in [0.15, 0.2) is 50.6 Å². The molecule has 0 saturated heterocycles. The van der Waals surface area contributed by atoms with E-state index in [9.17, 15) is 24.3 Å². The molecule has 2 heterocycles. The lowest BCUT2D eigenvalue weighted by Gasteiger charge is -2.53. The van der Waals surface area contributed by atoms with Crippen molar-refractivity contribution in [1.82, 2.24) is 13.9 Å². The van der Waals surface area contributed by atoms with Crippen molar-refractivity contribution in [1.29, 1.82) is 0 Å². The van der Waals surface area contributed by atoms with E-state index in [-0.39, 0.29) is 30.3 Å². The van der Waals surface area contributed by atoms with Crippen molar-refractivity contribution in [2.45, 2.75) is 52.6 Å². The Kier molecular flexibility index (Phi) is 4.41. The molecule has 8 nitrogen and oxygen atoms in total. The molecule has 4 atom stereocenters. The van der Waals surface area contributed by atoms with Crippen LogP contribution < -0.4 is 11.4 Å². The van der Waals surface area contributed by atoms with Gasteiger partial charge < -0.3 is 5.11 Å². The molecule has 1 aromatic carbocycles. The molecule has 0 amide bonds. The van der Waals surface area contributed by atoms with E-state index in [0.29, 0.717) is 16.7 Å². The zero-order chi connectivity index (χ0) is 24.0. The van der Waals surface area contributed by atoms with Crippen molar-refractivity contribution < 1.29 is 14.7 Å². The lowest BCUT2D eigenvalue weighted by molar-refractivity contribution is -0.140. The molecule has 33 heavy (non-hydrogen) atoms. The maximum Gasteiger partial charge on any atom is 0.347 e. The van der Waals surface area contributed by atoms with Crippen LogP contribution in [0.2, 0.25) is 0 Å². The summed E-state index contributed by atoms with van der Waals surface area (Å²) in [6.07, 6.45) is 2.20. The van der Waals surface area contributed by atoms with Crippen molar-refractivity contribution in [2.75, 3.05) is 0 Å². The number of phenols is 1. The first-order chi connectivity index (χ1) is 15.5. The van der Waals surface area contributed by atoms with Gasteiger partial charge in [0, 0.05) is 18.9 Å². The van der Waals surface area contributed by atoms with Crippen LogP contribution in [0, 0.1) is 18.3 Å². The Morgan fingerprint density at radius 1 is 1.03 bits per heavy atom. The van der Waals surface area contributed by atoms with Gasteiger partial charge in [0.05, 0.1) is 18.0 Å². The van der Waals surface area contributed by atoms with E-state index >= 15 is 0 Å². The van der Waals surface area contributed by atoms with Gasteiger partial charge in [-0.2, -0.15) is 0 Å². The van der Waals surface area contributed by atoms with Gasteiger partial charge in [-0.05, 0) is 61.1 Å². The summed E-state index contributed by atoms with van der Waals surface area (Å²) in [6, 6.07) is 4.72. The molecule has 1 N–H and O–H groups in total. The summed E-state index contributed by atoms with van der Waals surface area (Å²) in [5, 5.41) is 10.1. The molecular formula is C25H27N3O5. The smallest absolute Gasteiger partial charge is 0.347 e. The summed E-state index contributed by atoms with van der Waals surface area (Å²) in [6.45, 7) is 7.25. The lowest BCUT2D eigenvalue weighted by atomic mass is 9.50. The summed E-state index contributed by atoms with van der Waals surface area (Å²) in [5.74, 6) is -1.11. The Bertz CT molecular complexity index is 1430. The number of aromatic nitrogens is 3. The van der Waals surface area contributed by atoms with E-state index in [1.807, 2.05) is 19.1 Å². The molecule has 1 fully saturated rings. The quantitative estimate of drug-likeness (QED) is 0.672. The van der Waals surface area contributed by atoms with E-state index in [1.54, 1.807) is 32.9 Å². The van der Waals surface area contributed by atoms with E-state index in [0.717, 1.165) is 15.7 Å². The Balaban J connectivity index is 1.81. The summed E-state index contributed by atoms with van der Waals surface area (Å²) in [7, 11) is 1.45. The second kappa shape index (κ2) is 6.79. The summed E-state index contributed by atoms with van der Waals surface area (Å²) >= 11 is 0. The van der Waals surface area contributed by atoms with E-state index in [1.165, 1.54) is 16.4 Å². The predicted molar refractivity (Wildman–Crippen MR) is 121 cm³/mol. The fraction of sp³-hybridized carbons (Fsp3) is 0.440. The molecule has 172 valence electrons. The minimum atomic E-state index is -1.03. The molecule has 0 radical (unpaired) electrons. The summed E-state index contributed by atoms with van der Waals surface area (Å²) < 4.78 is 3.94. The molecule has 3 aliphatic rings. The standard InChI is InChI=1S/C25H27N3O5/c1-12-10-15(6-7-19(12)29)20-16-8-9-27-23(32)26(5)24(33)28(27)18(16)11-17-21(30)13(2)14(3)22(31)25(17,20)4/h6-8,10,17-18,20,29H,9,11H2,1-5H3/t17-,18+,20-,25+/m0/s1. The molecule has 0 spiro atoms. The number of fused-ring (bicyclic) bond motifs is 4. The highest BCUT2D eigenvalue weighted by molar-refractivity contribution is 6.15. The third kappa shape index (κ3) is 2.57. The highest BCUT2D eigenvalue weighted by atomic mass is 16.3. The Morgan fingerprint density at radius 2 is 1.73 bits per heavy atom. The number of carbonyl (C=O) groups excluding carboxylic acids is 2. The fourth-order valence-corrected chi connectivity index (χ4v) is 6.19. The van der Waals surface area contributed by atoms with E-state index in [2.05, 4.69) is 0 Å². The average Bonchev–Trinajstić information content (AvgIpc) is 3.01. The number of phenolic OH excluding ortho intramolecular Hbond substituents is 1. The van der Waals surface area contributed by atoms with Crippen LogP contribution in [-0.2, 0) is 23.2 Å². The molecule has 0 unspecified atom stereocenters. The number of aryl methyl sites for hydroxylation is 1. The zero-order valence-electron chi connectivity index (χ0n) is 19.4. The molecule has 8 heteroatoms. The van der Waals surface area contributed by atoms with Gasteiger partial charge in [-0.1, -0.05) is 25.1 Å².